The Hall–Kier alpha value is -2.35. The first-order chi connectivity index (χ1) is 10.8. The lowest BCUT2D eigenvalue weighted by molar-refractivity contribution is -0.123. The van der Waals surface area contributed by atoms with Crippen molar-refractivity contribution in [3.63, 3.8) is 0 Å². The normalized spacial score (nSPS) is 18.9. The van der Waals surface area contributed by atoms with E-state index in [0.717, 1.165) is 25.9 Å². The van der Waals surface area contributed by atoms with Gasteiger partial charge in [-0.1, -0.05) is 5.16 Å². The van der Waals surface area contributed by atoms with Crippen LogP contribution < -0.4 is 5.32 Å². The molecule has 1 saturated heterocycles. The molecule has 8 nitrogen and oxygen atoms in total. The molecule has 2 aliphatic rings. The monoisotopic (exact) mass is 300 g/mol. The Morgan fingerprint density at radius 1 is 1.36 bits per heavy atom. The van der Waals surface area contributed by atoms with Crippen LogP contribution in [0.15, 0.2) is 23.1 Å². The van der Waals surface area contributed by atoms with Crippen LogP contribution in [0.4, 0.5) is 0 Å². The second kappa shape index (κ2) is 5.45. The van der Waals surface area contributed by atoms with E-state index < -0.39 is 0 Å². The van der Waals surface area contributed by atoms with E-state index in [4.69, 9.17) is 4.52 Å². The third-order valence-corrected chi connectivity index (χ3v) is 3.85. The SMILES string of the molecule is O=C(CN1CC(c2nc(-c3cnccn3)no2)C1)NC1CC1. The van der Waals surface area contributed by atoms with E-state index in [1.54, 1.807) is 18.6 Å². The highest BCUT2D eigenvalue weighted by Gasteiger charge is 2.34. The van der Waals surface area contributed by atoms with Gasteiger partial charge in [-0.3, -0.25) is 14.7 Å². The number of amides is 1. The van der Waals surface area contributed by atoms with Gasteiger partial charge in [0.1, 0.15) is 5.69 Å². The molecule has 8 heteroatoms. The minimum Gasteiger partial charge on any atom is -0.352 e. The van der Waals surface area contributed by atoms with Crippen molar-refractivity contribution in [1.29, 1.82) is 0 Å². The van der Waals surface area contributed by atoms with Gasteiger partial charge < -0.3 is 9.84 Å². The van der Waals surface area contributed by atoms with Crippen LogP contribution in [0.1, 0.15) is 24.7 Å². The van der Waals surface area contributed by atoms with Crippen molar-refractivity contribution in [3.8, 4) is 11.5 Å². The first kappa shape index (κ1) is 13.3. The molecule has 0 bridgehead atoms. The van der Waals surface area contributed by atoms with Crippen molar-refractivity contribution in [2.24, 2.45) is 0 Å². The molecule has 0 spiro atoms. The quantitative estimate of drug-likeness (QED) is 0.842. The van der Waals surface area contributed by atoms with E-state index >= 15 is 0 Å². The van der Waals surface area contributed by atoms with Gasteiger partial charge in [-0.25, -0.2) is 4.98 Å². The summed E-state index contributed by atoms with van der Waals surface area (Å²) < 4.78 is 5.29. The summed E-state index contributed by atoms with van der Waals surface area (Å²) in [6.07, 6.45) is 7.02. The fraction of sp³-hybridized carbons (Fsp3) is 0.500. The molecule has 1 N–H and O–H groups in total. The summed E-state index contributed by atoms with van der Waals surface area (Å²) in [6, 6.07) is 0.412. The summed E-state index contributed by atoms with van der Waals surface area (Å²) in [7, 11) is 0. The van der Waals surface area contributed by atoms with E-state index in [-0.39, 0.29) is 11.8 Å². The highest BCUT2D eigenvalue weighted by atomic mass is 16.5. The van der Waals surface area contributed by atoms with Gasteiger partial charge in [0.15, 0.2) is 0 Å². The predicted octanol–water partition coefficient (Wildman–Crippen LogP) is 0.204. The lowest BCUT2D eigenvalue weighted by atomic mass is 10.0. The van der Waals surface area contributed by atoms with Crippen molar-refractivity contribution < 1.29 is 9.32 Å². The molecule has 0 aromatic carbocycles. The molecule has 1 aliphatic heterocycles. The maximum atomic E-state index is 11.7. The number of aromatic nitrogens is 4. The van der Waals surface area contributed by atoms with Gasteiger partial charge in [-0.2, -0.15) is 4.98 Å². The molecule has 0 unspecified atom stereocenters. The molecule has 4 rings (SSSR count). The number of hydrogen-bond donors (Lipinski definition) is 1. The molecule has 0 atom stereocenters. The molecule has 2 fully saturated rings. The molecule has 1 amide bonds. The largest absolute Gasteiger partial charge is 0.352 e. The number of hydrogen-bond acceptors (Lipinski definition) is 7. The van der Waals surface area contributed by atoms with Crippen molar-refractivity contribution in [1.82, 2.24) is 30.3 Å². The summed E-state index contributed by atoms with van der Waals surface area (Å²) in [5, 5.41) is 6.92. The molecular formula is C14H16N6O2. The number of rotatable bonds is 5. The second-order valence-corrected chi connectivity index (χ2v) is 5.78. The number of carbonyl (C=O) groups excluding carboxylic acids is 1. The van der Waals surface area contributed by atoms with E-state index in [2.05, 4.69) is 30.3 Å². The molecule has 2 aromatic heterocycles. The van der Waals surface area contributed by atoms with Gasteiger partial charge in [0.05, 0.1) is 18.7 Å². The van der Waals surface area contributed by atoms with Crippen LogP contribution >= 0.6 is 0 Å². The van der Waals surface area contributed by atoms with E-state index in [1.165, 1.54) is 0 Å². The van der Waals surface area contributed by atoms with E-state index in [0.29, 0.717) is 30.0 Å². The minimum atomic E-state index is 0.103. The zero-order valence-corrected chi connectivity index (χ0v) is 12.0. The zero-order valence-electron chi connectivity index (χ0n) is 12.0. The standard InChI is InChI=1S/C14H16N6O2/c21-12(17-10-1-2-10)8-20-6-9(7-20)14-18-13(19-22-14)11-5-15-3-4-16-11/h3-5,9-10H,1-2,6-8H2,(H,17,21). The van der Waals surface area contributed by atoms with Crippen molar-refractivity contribution >= 4 is 5.91 Å². The van der Waals surface area contributed by atoms with Gasteiger partial charge >= 0.3 is 0 Å². The average Bonchev–Trinajstić information content (AvgIpc) is 3.17. The minimum absolute atomic E-state index is 0.103. The Balaban J connectivity index is 1.31. The van der Waals surface area contributed by atoms with Crippen LogP contribution in [0.3, 0.4) is 0 Å². The van der Waals surface area contributed by atoms with Gasteiger partial charge in [0, 0.05) is 31.5 Å². The molecular weight excluding hydrogens is 284 g/mol. The van der Waals surface area contributed by atoms with Crippen LogP contribution in [0.5, 0.6) is 0 Å². The number of likely N-dealkylation sites (tertiary alicyclic amines) is 1. The summed E-state index contributed by atoms with van der Waals surface area (Å²) in [4.78, 5) is 26.3. The third-order valence-electron chi connectivity index (χ3n) is 3.85. The number of nitrogens with zero attached hydrogens (tertiary/aromatic N) is 5. The first-order valence-corrected chi connectivity index (χ1v) is 7.39. The Labute approximate surface area is 126 Å². The lowest BCUT2D eigenvalue weighted by Gasteiger charge is -2.36. The summed E-state index contributed by atoms with van der Waals surface area (Å²) >= 11 is 0. The predicted molar refractivity (Wildman–Crippen MR) is 75.7 cm³/mol. The van der Waals surface area contributed by atoms with Crippen LogP contribution in [0.25, 0.3) is 11.5 Å². The number of nitrogens with one attached hydrogen (secondary N) is 1. The molecule has 1 aliphatic carbocycles. The van der Waals surface area contributed by atoms with Crippen molar-refractivity contribution in [3.05, 3.63) is 24.5 Å². The summed E-state index contributed by atoms with van der Waals surface area (Å²) in [6.45, 7) is 1.97. The number of carbonyl (C=O) groups is 1. The Kier molecular flexibility index (Phi) is 3.30. The molecule has 0 radical (unpaired) electrons. The van der Waals surface area contributed by atoms with Crippen LogP contribution in [-0.2, 0) is 4.79 Å². The van der Waals surface area contributed by atoms with Gasteiger partial charge in [0.25, 0.3) is 0 Å². The molecule has 2 aromatic rings. The lowest BCUT2D eigenvalue weighted by Crippen LogP contribution is -2.49. The topological polar surface area (TPSA) is 97.0 Å². The molecule has 114 valence electrons. The maximum absolute atomic E-state index is 11.7. The molecule has 1 saturated carbocycles. The van der Waals surface area contributed by atoms with E-state index in [9.17, 15) is 4.79 Å². The van der Waals surface area contributed by atoms with Crippen LogP contribution in [0, 0.1) is 0 Å². The van der Waals surface area contributed by atoms with Gasteiger partial charge in [-0.05, 0) is 12.8 Å². The van der Waals surface area contributed by atoms with E-state index in [1.807, 2.05) is 0 Å². The maximum Gasteiger partial charge on any atom is 0.234 e. The average molecular weight is 300 g/mol. The zero-order chi connectivity index (χ0) is 14.9. The Morgan fingerprint density at radius 3 is 2.95 bits per heavy atom. The highest BCUT2D eigenvalue weighted by Crippen LogP contribution is 2.27. The summed E-state index contributed by atoms with van der Waals surface area (Å²) in [5.41, 5.74) is 0.595. The first-order valence-electron chi connectivity index (χ1n) is 7.39. The molecule has 22 heavy (non-hydrogen) atoms. The van der Waals surface area contributed by atoms with Gasteiger partial charge in [0.2, 0.25) is 17.6 Å². The fourth-order valence-corrected chi connectivity index (χ4v) is 2.48. The van der Waals surface area contributed by atoms with Crippen LogP contribution in [0.2, 0.25) is 0 Å². The third kappa shape index (κ3) is 2.82. The smallest absolute Gasteiger partial charge is 0.234 e. The molecule has 3 heterocycles. The Bertz CT molecular complexity index is 663. The summed E-state index contributed by atoms with van der Waals surface area (Å²) in [5.74, 6) is 1.34. The Morgan fingerprint density at radius 2 is 2.23 bits per heavy atom. The highest BCUT2D eigenvalue weighted by molar-refractivity contribution is 5.78. The van der Waals surface area contributed by atoms with Crippen molar-refractivity contribution in [2.75, 3.05) is 19.6 Å². The van der Waals surface area contributed by atoms with Crippen molar-refractivity contribution in [2.45, 2.75) is 24.8 Å². The fourth-order valence-electron chi connectivity index (χ4n) is 2.48. The van der Waals surface area contributed by atoms with Gasteiger partial charge in [-0.15, -0.1) is 0 Å². The second-order valence-electron chi connectivity index (χ2n) is 5.78. The van der Waals surface area contributed by atoms with Crippen LogP contribution in [-0.4, -0.2) is 56.6 Å².